The Kier molecular flexibility index (Phi) is 72.8. The van der Waals surface area contributed by atoms with Crippen molar-refractivity contribution in [1.82, 2.24) is 5.32 Å². The Morgan fingerprint density at radius 2 is 0.548 bits per heavy atom. The van der Waals surface area contributed by atoms with Gasteiger partial charge in [0.1, 0.15) is 0 Å². The second-order valence-corrected chi connectivity index (χ2v) is 27.1. The number of nitrogens with one attached hydrogen (secondary N) is 1. The molecular weight excluding hydrogens is 1030 g/mol. The SMILES string of the molecule is CCCCCCCCCCCCCCCCCCCCCCCC/C=C/C(O)C(CO)NC(=O)CCCCCCCCCCCCCCCCCCCCCCCCCCCCCCCCCOC(=O)CCCCCCCCCCCCCC. The Hall–Kier alpha value is -1.40. The van der Waals surface area contributed by atoms with Crippen molar-refractivity contribution in [3.8, 4) is 0 Å². The number of hydrogen-bond donors (Lipinski definition) is 3. The van der Waals surface area contributed by atoms with Crippen LogP contribution in [0.15, 0.2) is 12.2 Å². The van der Waals surface area contributed by atoms with Crippen molar-refractivity contribution in [3.05, 3.63) is 12.2 Å². The zero-order valence-corrected chi connectivity index (χ0v) is 57.4. The van der Waals surface area contributed by atoms with Crippen molar-refractivity contribution in [3.63, 3.8) is 0 Å². The first-order valence-electron chi connectivity index (χ1n) is 39.0. The van der Waals surface area contributed by atoms with E-state index in [0.717, 1.165) is 38.5 Å². The molecule has 1 amide bonds. The van der Waals surface area contributed by atoms with Gasteiger partial charge in [0, 0.05) is 12.8 Å². The standard InChI is InChI=1S/C78H153NO5/c1-3-5-7-9-11-13-15-17-18-19-20-21-22-32-35-38-41-44-47-50-54-58-62-66-70-76(81)75(74-80)79-77(82)71-67-63-59-55-51-48-45-42-39-36-33-30-28-26-24-23-25-27-29-31-34-37-40-43-46-49-53-57-61-65-69-73-84-78(83)72-68-64-60-56-52-16-14-12-10-8-6-4-2/h66,70,75-76,80-81H,3-65,67-69,71-74H2,1-2H3,(H,79,82)/b70-66+. The monoisotopic (exact) mass is 1180 g/mol. The molecule has 0 aromatic heterocycles. The first-order chi connectivity index (χ1) is 41.5. The summed E-state index contributed by atoms with van der Waals surface area (Å²) in [4.78, 5) is 24.6. The molecule has 0 aliphatic rings. The van der Waals surface area contributed by atoms with Crippen molar-refractivity contribution >= 4 is 11.9 Å². The van der Waals surface area contributed by atoms with Gasteiger partial charge in [0.25, 0.3) is 0 Å². The summed E-state index contributed by atoms with van der Waals surface area (Å²) in [7, 11) is 0. The lowest BCUT2D eigenvalue weighted by Crippen LogP contribution is -2.45. The average molecular weight is 1190 g/mol. The molecule has 0 radical (unpaired) electrons. The van der Waals surface area contributed by atoms with Gasteiger partial charge < -0.3 is 20.3 Å². The van der Waals surface area contributed by atoms with Crippen molar-refractivity contribution in [1.29, 1.82) is 0 Å². The molecule has 0 aromatic carbocycles. The third-order valence-corrected chi connectivity index (χ3v) is 18.6. The summed E-state index contributed by atoms with van der Waals surface area (Å²) in [5, 5.41) is 23.3. The Balaban J connectivity index is 3.35. The number of ether oxygens (including phenoxy) is 1. The van der Waals surface area contributed by atoms with Crippen LogP contribution < -0.4 is 5.32 Å². The third-order valence-electron chi connectivity index (χ3n) is 18.6. The first-order valence-corrected chi connectivity index (χ1v) is 39.0. The smallest absolute Gasteiger partial charge is 0.305 e. The Morgan fingerprint density at radius 3 is 0.810 bits per heavy atom. The third kappa shape index (κ3) is 69.7. The van der Waals surface area contributed by atoms with Crippen LogP contribution in [0.3, 0.4) is 0 Å². The Bertz CT molecular complexity index is 1270. The van der Waals surface area contributed by atoms with Gasteiger partial charge in [-0.15, -0.1) is 0 Å². The number of aliphatic hydroxyl groups is 2. The van der Waals surface area contributed by atoms with Gasteiger partial charge in [0.05, 0.1) is 25.4 Å². The zero-order valence-electron chi connectivity index (χ0n) is 57.4. The molecule has 0 fully saturated rings. The normalized spacial score (nSPS) is 12.5. The number of allylic oxidation sites excluding steroid dienone is 1. The minimum absolute atomic E-state index is 0.0222. The van der Waals surface area contributed by atoms with E-state index in [2.05, 4.69) is 19.2 Å². The fourth-order valence-corrected chi connectivity index (χ4v) is 12.6. The summed E-state index contributed by atoms with van der Waals surface area (Å²) in [6.45, 7) is 4.96. The summed E-state index contributed by atoms with van der Waals surface area (Å²) in [5.74, 6) is -0.0358. The van der Waals surface area contributed by atoms with E-state index in [1.807, 2.05) is 6.08 Å². The highest BCUT2D eigenvalue weighted by molar-refractivity contribution is 5.76. The molecule has 2 atom stereocenters. The number of unbranched alkanes of at least 4 members (excludes halogenated alkanes) is 63. The lowest BCUT2D eigenvalue weighted by molar-refractivity contribution is -0.143. The van der Waals surface area contributed by atoms with Crippen LogP contribution >= 0.6 is 0 Å². The quantitative estimate of drug-likeness (QED) is 0.0320. The van der Waals surface area contributed by atoms with E-state index < -0.39 is 12.1 Å². The summed E-state index contributed by atoms with van der Waals surface area (Å²) in [5.41, 5.74) is 0. The lowest BCUT2D eigenvalue weighted by atomic mass is 10.0. The van der Waals surface area contributed by atoms with Gasteiger partial charge in [-0.05, 0) is 32.1 Å². The van der Waals surface area contributed by atoms with E-state index in [4.69, 9.17) is 4.74 Å². The molecule has 0 bridgehead atoms. The molecule has 2 unspecified atom stereocenters. The summed E-state index contributed by atoms with van der Waals surface area (Å²) in [6, 6.07) is -0.625. The van der Waals surface area contributed by atoms with Gasteiger partial charge in [-0.2, -0.15) is 0 Å². The van der Waals surface area contributed by atoms with E-state index >= 15 is 0 Å². The van der Waals surface area contributed by atoms with Crippen LogP contribution in [0.2, 0.25) is 0 Å². The number of amides is 1. The molecule has 0 aliphatic carbocycles. The summed E-state index contributed by atoms with van der Waals surface area (Å²) in [6.07, 6.45) is 93.3. The molecule has 0 saturated carbocycles. The molecule has 0 rings (SSSR count). The van der Waals surface area contributed by atoms with E-state index in [0.29, 0.717) is 19.4 Å². The fraction of sp³-hybridized carbons (Fsp3) is 0.949. The fourth-order valence-electron chi connectivity index (χ4n) is 12.6. The molecule has 500 valence electrons. The van der Waals surface area contributed by atoms with Crippen LogP contribution in [-0.4, -0.2) is 47.4 Å². The average Bonchev–Trinajstić information content (AvgIpc) is 3.50. The van der Waals surface area contributed by atoms with Gasteiger partial charge in [0.15, 0.2) is 0 Å². The predicted molar refractivity (Wildman–Crippen MR) is 370 cm³/mol. The number of hydrogen-bond acceptors (Lipinski definition) is 5. The second-order valence-electron chi connectivity index (χ2n) is 27.1. The molecule has 84 heavy (non-hydrogen) atoms. The number of carbonyl (C=O) groups excluding carboxylic acids is 2. The molecule has 0 aromatic rings. The van der Waals surface area contributed by atoms with Crippen molar-refractivity contribution in [2.75, 3.05) is 13.2 Å². The largest absolute Gasteiger partial charge is 0.466 e. The molecule has 6 heteroatoms. The molecular formula is C78H153NO5. The Morgan fingerprint density at radius 1 is 0.321 bits per heavy atom. The highest BCUT2D eigenvalue weighted by atomic mass is 16.5. The number of esters is 1. The van der Waals surface area contributed by atoms with Gasteiger partial charge in [-0.1, -0.05) is 418 Å². The topological polar surface area (TPSA) is 95.9 Å². The van der Waals surface area contributed by atoms with Crippen LogP contribution in [-0.2, 0) is 14.3 Å². The maximum Gasteiger partial charge on any atom is 0.305 e. The van der Waals surface area contributed by atoms with E-state index in [1.54, 1.807) is 6.08 Å². The van der Waals surface area contributed by atoms with Crippen LogP contribution in [0.4, 0.5) is 0 Å². The molecule has 0 spiro atoms. The minimum Gasteiger partial charge on any atom is -0.466 e. The minimum atomic E-state index is -0.842. The van der Waals surface area contributed by atoms with Gasteiger partial charge in [0.2, 0.25) is 5.91 Å². The molecule has 0 saturated heterocycles. The van der Waals surface area contributed by atoms with Crippen LogP contribution in [0.25, 0.3) is 0 Å². The van der Waals surface area contributed by atoms with Crippen LogP contribution in [0.5, 0.6) is 0 Å². The lowest BCUT2D eigenvalue weighted by Gasteiger charge is -2.20. The van der Waals surface area contributed by atoms with Crippen LogP contribution in [0, 0.1) is 0 Å². The second kappa shape index (κ2) is 74.1. The van der Waals surface area contributed by atoms with E-state index in [9.17, 15) is 19.8 Å². The maximum absolute atomic E-state index is 12.6. The molecule has 0 aliphatic heterocycles. The van der Waals surface area contributed by atoms with Crippen molar-refractivity contribution < 1.29 is 24.5 Å². The highest BCUT2D eigenvalue weighted by Gasteiger charge is 2.18. The van der Waals surface area contributed by atoms with Gasteiger partial charge in [-0.3, -0.25) is 9.59 Å². The van der Waals surface area contributed by atoms with Crippen molar-refractivity contribution in [2.45, 2.75) is 463 Å². The maximum atomic E-state index is 12.6. The predicted octanol–water partition coefficient (Wildman–Crippen LogP) is 25.5. The number of aliphatic hydroxyl groups excluding tert-OH is 2. The van der Waals surface area contributed by atoms with Crippen LogP contribution in [0.1, 0.15) is 450 Å². The number of carbonyl (C=O) groups is 2. The molecule has 6 nitrogen and oxygen atoms in total. The van der Waals surface area contributed by atoms with E-state index in [1.165, 1.54) is 385 Å². The summed E-state index contributed by atoms with van der Waals surface area (Å²) < 4.78 is 5.49. The number of rotatable bonds is 74. The Labute approximate surface area is 527 Å². The van der Waals surface area contributed by atoms with Gasteiger partial charge >= 0.3 is 5.97 Å². The first kappa shape index (κ1) is 82.6. The van der Waals surface area contributed by atoms with E-state index in [-0.39, 0.29) is 18.5 Å². The molecule has 3 N–H and O–H groups in total. The van der Waals surface area contributed by atoms with Gasteiger partial charge in [-0.25, -0.2) is 0 Å². The summed E-state index contributed by atoms with van der Waals surface area (Å²) >= 11 is 0. The zero-order chi connectivity index (χ0) is 60.6. The van der Waals surface area contributed by atoms with Crippen molar-refractivity contribution in [2.24, 2.45) is 0 Å². The highest BCUT2D eigenvalue weighted by Crippen LogP contribution is 2.20. The molecule has 0 heterocycles.